The second-order valence-electron chi connectivity index (χ2n) is 4.39. The van der Waals surface area contributed by atoms with E-state index in [1.165, 1.54) is 0 Å². The van der Waals surface area contributed by atoms with E-state index in [1.54, 1.807) is 13.1 Å². The molecule has 0 saturated carbocycles. The molecule has 4 nitrogen and oxygen atoms in total. The van der Waals surface area contributed by atoms with Gasteiger partial charge in [0.1, 0.15) is 0 Å². The number of rotatable bonds is 5. The molecule has 1 aromatic carbocycles. The van der Waals surface area contributed by atoms with Crippen molar-refractivity contribution in [3.05, 3.63) is 66.0 Å². The maximum atomic E-state index is 11.2. The Kier molecular flexibility index (Phi) is 4.26. The van der Waals surface area contributed by atoms with Gasteiger partial charge in [-0.25, -0.2) is 0 Å². The number of carbonyl (C=O) groups excluding carboxylic acids is 1. The number of aromatic nitrogens is 1. The lowest BCUT2D eigenvalue weighted by Gasteiger charge is -2.21. The van der Waals surface area contributed by atoms with E-state index < -0.39 is 6.04 Å². The Hall–Kier alpha value is -2.20. The zero-order valence-corrected chi connectivity index (χ0v) is 10.8. The third-order valence-electron chi connectivity index (χ3n) is 2.96. The van der Waals surface area contributed by atoms with Gasteiger partial charge in [-0.1, -0.05) is 36.4 Å². The van der Waals surface area contributed by atoms with Gasteiger partial charge in [0.2, 0.25) is 5.91 Å². The summed E-state index contributed by atoms with van der Waals surface area (Å²) in [6, 6.07) is 15.0. The van der Waals surface area contributed by atoms with Crippen LogP contribution in [0.1, 0.15) is 24.2 Å². The summed E-state index contributed by atoms with van der Waals surface area (Å²) >= 11 is 0. The molecule has 0 radical (unpaired) electrons. The monoisotopic (exact) mass is 255 g/mol. The van der Waals surface area contributed by atoms with Crippen LogP contribution in [0.25, 0.3) is 0 Å². The van der Waals surface area contributed by atoms with E-state index in [1.807, 2.05) is 48.5 Å². The maximum absolute atomic E-state index is 11.2. The van der Waals surface area contributed by atoms with Crippen molar-refractivity contribution in [3.63, 3.8) is 0 Å². The fourth-order valence-electron chi connectivity index (χ4n) is 1.88. The van der Waals surface area contributed by atoms with Crippen LogP contribution in [-0.2, 0) is 4.79 Å². The number of nitrogens with one attached hydrogen (secondary N) is 1. The summed E-state index contributed by atoms with van der Waals surface area (Å²) < 4.78 is 0. The summed E-state index contributed by atoms with van der Waals surface area (Å²) in [6.07, 6.45) is 1.74. The minimum atomic E-state index is -0.424. The van der Waals surface area contributed by atoms with Crippen LogP contribution >= 0.6 is 0 Å². The summed E-state index contributed by atoms with van der Waals surface area (Å²) in [5, 5.41) is 3.21. The first kappa shape index (κ1) is 13.2. The molecule has 0 bridgehead atoms. The van der Waals surface area contributed by atoms with Crippen molar-refractivity contribution in [1.29, 1.82) is 0 Å². The van der Waals surface area contributed by atoms with E-state index in [9.17, 15) is 4.79 Å². The summed E-state index contributed by atoms with van der Waals surface area (Å²) in [5.74, 6) is -0.378. The van der Waals surface area contributed by atoms with Crippen molar-refractivity contribution in [2.75, 3.05) is 0 Å². The van der Waals surface area contributed by atoms with Gasteiger partial charge < -0.3 is 5.73 Å². The fourth-order valence-corrected chi connectivity index (χ4v) is 1.88. The molecule has 0 aliphatic heterocycles. The zero-order chi connectivity index (χ0) is 13.7. The highest BCUT2D eigenvalue weighted by Crippen LogP contribution is 2.20. The predicted molar refractivity (Wildman–Crippen MR) is 74.3 cm³/mol. The summed E-state index contributed by atoms with van der Waals surface area (Å²) in [7, 11) is 0. The lowest BCUT2D eigenvalue weighted by Crippen LogP contribution is -2.41. The Morgan fingerprint density at radius 2 is 1.84 bits per heavy atom. The highest BCUT2D eigenvalue weighted by molar-refractivity contribution is 5.79. The molecule has 98 valence electrons. The average molecular weight is 255 g/mol. The van der Waals surface area contributed by atoms with Crippen LogP contribution in [0.2, 0.25) is 0 Å². The minimum Gasteiger partial charge on any atom is -0.368 e. The Balaban J connectivity index is 2.32. The van der Waals surface area contributed by atoms with Crippen LogP contribution in [0.15, 0.2) is 54.7 Å². The first-order chi connectivity index (χ1) is 9.18. The topological polar surface area (TPSA) is 68.0 Å². The highest BCUT2D eigenvalue weighted by Gasteiger charge is 2.19. The number of amides is 1. The van der Waals surface area contributed by atoms with Gasteiger partial charge in [0.15, 0.2) is 0 Å². The smallest absolute Gasteiger partial charge is 0.234 e. The molecule has 1 aromatic heterocycles. The molecule has 4 heteroatoms. The second-order valence-corrected chi connectivity index (χ2v) is 4.39. The molecule has 3 N–H and O–H groups in total. The summed E-state index contributed by atoms with van der Waals surface area (Å²) in [5.41, 5.74) is 7.23. The van der Waals surface area contributed by atoms with E-state index in [2.05, 4.69) is 10.3 Å². The number of pyridine rings is 1. The van der Waals surface area contributed by atoms with Crippen molar-refractivity contribution >= 4 is 5.91 Å². The van der Waals surface area contributed by atoms with Gasteiger partial charge in [-0.3, -0.25) is 15.1 Å². The number of nitrogens with two attached hydrogens (primary N) is 1. The van der Waals surface area contributed by atoms with E-state index in [0.717, 1.165) is 11.3 Å². The molecule has 2 unspecified atom stereocenters. The molecule has 2 rings (SSSR count). The highest BCUT2D eigenvalue weighted by atomic mass is 16.1. The third-order valence-corrected chi connectivity index (χ3v) is 2.96. The zero-order valence-electron chi connectivity index (χ0n) is 10.8. The van der Waals surface area contributed by atoms with Crippen molar-refractivity contribution in [3.8, 4) is 0 Å². The largest absolute Gasteiger partial charge is 0.368 e. The van der Waals surface area contributed by atoms with Crippen molar-refractivity contribution in [2.45, 2.75) is 19.0 Å². The Morgan fingerprint density at radius 1 is 1.16 bits per heavy atom. The number of primary amides is 1. The van der Waals surface area contributed by atoms with E-state index in [0.29, 0.717) is 0 Å². The Bertz CT molecular complexity index is 488. The molecule has 0 spiro atoms. The molecule has 0 aliphatic carbocycles. The number of hydrogen-bond acceptors (Lipinski definition) is 3. The summed E-state index contributed by atoms with van der Waals surface area (Å²) in [6.45, 7) is 1.75. The summed E-state index contributed by atoms with van der Waals surface area (Å²) in [4.78, 5) is 15.6. The van der Waals surface area contributed by atoms with Gasteiger partial charge in [0.05, 0.1) is 17.8 Å². The van der Waals surface area contributed by atoms with E-state index in [4.69, 9.17) is 5.73 Å². The van der Waals surface area contributed by atoms with Crippen LogP contribution in [0.4, 0.5) is 0 Å². The van der Waals surface area contributed by atoms with Crippen molar-refractivity contribution in [2.24, 2.45) is 5.73 Å². The first-order valence-corrected chi connectivity index (χ1v) is 6.19. The second kappa shape index (κ2) is 6.11. The number of benzene rings is 1. The van der Waals surface area contributed by atoms with Crippen LogP contribution in [0, 0.1) is 0 Å². The standard InChI is InChI=1S/C15H17N3O/c1-11(15(16)19)18-14(12-7-3-2-4-8-12)13-9-5-6-10-17-13/h2-11,14,18H,1H3,(H2,16,19). The normalized spacial score (nSPS) is 13.7. The van der Waals surface area contributed by atoms with E-state index in [-0.39, 0.29) is 11.9 Å². The Labute approximate surface area is 112 Å². The van der Waals surface area contributed by atoms with Gasteiger partial charge in [-0.2, -0.15) is 0 Å². The first-order valence-electron chi connectivity index (χ1n) is 6.19. The number of nitrogens with zero attached hydrogens (tertiary/aromatic N) is 1. The molecule has 2 aromatic rings. The molecule has 1 heterocycles. The van der Waals surface area contributed by atoms with Crippen molar-refractivity contribution in [1.82, 2.24) is 10.3 Å². The average Bonchev–Trinajstić information content (AvgIpc) is 2.46. The number of hydrogen-bond donors (Lipinski definition) is 2. The van der Waals surface area contributed by atoms with Crippen LogP contribution in [0.5, 0.6) is 0 Å². The van der Waals surface area contributed by atoms with Gasteiger partial charge in [0, 0.05) is 6.20 Å². The molecule has 0 fully saturated rings. The molecule has 2 atom stereocenters. The molecule has 1 amide bonds. The quantitative estimate of drug-likeness (QED) is 0.853. The van der Waals surface area contributed by atoms with Gasteiger partial charge >= 0.3 is 0 Å². The molecule has 0 aliphatic rings. The predicted octanol–water partition coefficient (Wildman–Crippen LogP) is 1.63. The van der Waals surface area contributed by atoms with E-state index >= 15 is 0 Å². The lowest BCUT2D eigenvalue weighted by molar-refractivity contribution is -0.119. The Morgan fingerprint density at radius 3 is 2.42 bits per heavy atom. The third kappa shape index (κ3) is 3.39. The van der Waals surface area contributed by atoms with Gasteiger partial charge in [-0.15, -0.1) is 0 Å². The van der Waals surface area contributed by atoms with Gasteiger partial charge in [0.25, 0.3) is 0 Å². The molecular weight excluding hydrogens is 238 g/mol. The van der Waals surface area contributed by atoms with Crippen molar-refractivity contribution < 1.29 is 4.79 Å². The van der Waals surface area contributed by atoms with Gasteiger partial charge in [-0.05, 0) is 24.6 Å². The fraction of sp³-hybridized carbons (Fsp3) is 0.200. The SMILES string of the molecule is CC(NC(c1ccccc1)c1ccccn1)C(N)=O. The maximum Gasteiger partial charge on any atom is 0.234 e. The minimum absolute atomic E-state index is 0.148. The molecule has 0 saturated heterocycles. The van der Waals surface area contributed by atoms with Crippen LogP contribution in [0.3, 0.4) is 0 Å². The molecule has 19 heavy (non-hydrogen) atoms. The van der Waals surface area contributed by atoms with Crippen LogP contribution in [-0.4, -0.2) is 16.9 Å². The van der Waals surface area contributed by atoms with Crippen LogP contribution < -0.4 is 11.1 Å². The lowest BCUT2D eigenvalue weighted by atomic mass is 10.0. The molecular formula is C15H17N3O. The number of carbonyl (C=O) groups is 1.